The summed E-state index contributed by atoms with van der Waals surface area (Å²) in [6, 6.07) is 0.175. The minimum Gasteiger partial charge on any atom is -0.377 e. The zero-order valence-electron chi connectivity index (χ0n) is 8.42. The molecule has 2 atom stereocenters. The Balaban J connectivity index is 3.48. The number of aliphatic hydroxyl groups is 1. The van der Waals surface area contributed by atoms with Gasteiger partial charge < -0.3 is 15.7 Å². The third-order valence-electron chi connectivity index (χ3n) is 1.53. The summed E-state index contributed by atoms with van der Waals surface area (Å²) in [5.74, 6) is -0.137. The van der Waals surface area contributed by atoms with Gasteiger partial charge in [0.05, 0.1) is 6.54 Å². The van der Waals surface area contributed by atoms with E-state index in [0.29, 0.717) is 0 Å². The second kappa shape index (κ2) is 6.82. The summed E-state index contributed by atoms with van der Waals surface area (Å²) in [5.41, 5.74) is 0. The van der Waals surface area contributed by atoms with Crippen molar-refractivity contribution in [3.05, 3.63) is 0 Å². The first-order valence-corrected chi connectivity index (χ1v) is 4.39. The Kier molecular flexibility index (Phi) is 6.48. The van der Waals surface area contributed by atoms with Crippen LogP contribution in [-0.2, 0) is 4.79 Å². The monoisotopic (exact) mass is 189 g/mol. The van der Waals surface area contributed by atoms with Gasteiger partial charge in [-0.1, -0.05) is 0 Å². The van der Waals surface area contributed by atoms with Crippen molar-refractivity contribution >= 4 is 5.91 Å². The standard InChI is InChI=1S/C8H19N3O2/c1-6(4-9-3)11-8(13)5-10-7(2)12/h6,8-9,11,13H,4-5H2,1-3H3,(H,10,12)/t6-,8-/m0/s1. The lowest BCUT2D eigenvalue weighted by Gasteiger charge is -2.18. The molecule has 0 radical (unpaired) electrons. The number of carbonyl (C=O) groups excluding carboxylic acids is 1. The van der Waals surface area contributed by atoms with Gasteiger partial charge in [-0.25, -0.2) is 0 Å². The molecule has 78 valence electrons. The molecule has 4 N–H and O–H groups in total. The molecule has 0 aliphatic heterocycles. The molecule has 1 amide bonds. The molecule has 0 aromatic heterocycles. The van der Waals surface area contributed by atoms with Crippen LogP contribution in [0.2, 0.25) is 0 Å². The maximum absolute atomic E-state index is 10.5. The largest absolute Gasteiger partial charge is 0.377 e. The first-order valence-electron chi connectivity index (χ1n) is 4.39. The van der Waals surface area contributed by atoms with E-state index in [1.54, 1.807) is 0 Å². The number of hydrogen-bond acceptors (Lipinski definition) is 4. The quantitative estimate of drug-likeness (QED) is 0.389. The van der Waals surface area contributed by atoms with Crippen molar-refractivity contribution in [3.63, 3.8) is 0 Å². The molecule has 0 aliphatic rings. The van der Waals surface area contributed by atoms with Crippen LogP contribution in [0, 0.1) is 0 Å². The second-order valence-electron chi connectivity index (χ2n) is 3.08. The first-order chi connectivity index (χ1) is 6.06. The molecule has 0 aromatic carbocycles. The molecular weight excluding hydrogens is 170 g/mol. The number of hydrogen-bond donors (Lipinski definition) is 4. The highest BCUT2D eigenvalue weighted by atomic mass is 16.3. The molecular formula is C8H19N3O2. The molecule has 0 saturated heterocycles. The molecule has 0 rings (SSSR count). The van der Waals surface area contributed by atoms with Crippen molar-refractivity contribution in [2.75, 3.05) is 20.1 Å². The second-order valence-corrected chi connectivity index (χ2v) is 3.08. The van der Waals surface area contributed by atoms with Crippen LogP contribution >= 0.6 is 0 Å². The lowest BCUT2D eigenvalue weighted by Crippen LogP contribution is -2.46. The van der Waals surface area contributed by atoms with Gasteiger partial charge in [0.2, 0.25) is 5.91 Å². The van der Waals surface area contributed by atoms with Crippen LogP contribution in [0.15, 0.2) is 0 Å². The molecule has 0 unspecified atom stereocenters. The smallest absolute Gasteiger partial charge is 0.217 e. The topological polar surface area (TPSA) is 73.4 Å². The molecule has 0 fully saturated rings. The Bertz CT molecular complexity index is 152. The van der Waals surface area contributed by atoms with E-state index in [9.17, 15) is 9.90 Å². The maximum Gasteiger partial charge on any atom is 0.217 e. The first kappa shape index (κ1) is 12.3. The maximum atomic E-state index is 10.5. The van der Waals surface area contributed by atoms with Gasteiger partial charge in [-0.15, -0.1) is 0 Å². The summed E-state index contributed by atoms with van der Waals surface area (Å²) in [5, 5.41) is 17.8. The fourth-order valence-corrected chi connectivity index (χ4v) is 0.993. The summed E-state index contributed by atoms with van der Waals surface area (Å²) < 4.78 is 0. The fourth-order valence-electron chi connectivity index (χ4n) is 0.993. The SMILES string of the molecule is CNC[C@H](C)N[C@@H](O)CNC(C)=O. The van der Waals surface area contributed by atoms with E-state index in [-0.39, 0.29) is 18.5 Å². The average molecular weight is 189 g/mol. The van der Waals surface area contributed by atoms with Crippen molar-refractivity contribution in [3.8, 4) is 0 Å². The van der Waals surface area contributed by atoms with Crippen molar-refractivity contribution in [2.24, 2.45) is 0 Å². The predicted molar refractivity (Wildman–Crippen MR) is 51.2 cm³/mol. The van der Waals surface area contributed by atoms with Gasteiger partial charge in [0.1, 0.15) is 6.23 Å². The zero-order valence-corrected chi connectivity index (χ0v) is 8.42. The Labute approximate surface area is 78.9 Å². The molecule has 13 heavy (non-hydrogen) atoms. The summed E-state index contributed by atoms with van der Waals surface area (Å²) in [7, 11) is 1.85. The number of carbonyl (C=O) groups is 1. The van der Waals surface area contributed by atoms with Crippen LogP contribution in [0.5, 0.6) is 0 Å². The van der Waals surface area contributed by atoms with E-state index in [4.69, 9.17) is 0 Å². The number of nitrogens with one attached hydrogen (secondary N) is 3. The van der Waals surface area contributed by atoms with E-state index in [0.717, 1.165) is 6.54 Å². The number of likely N-dealkylation sites (N-methyl/N-ethyl adjacent to an activating group) is 1. The third kappa shape index (κ3) is 7.70. The van der Waals surface area contributed by atoms with E-state index >= 15 is 0 Å². The summed E-state index contributed by atoms with van der Waals surface area (Å²) in [6.07, 6.45) is -0.688. The minimum atomic E-state index is -0.688. The highest BCUT2D eigenvalue weighted by molar-refractivity contribution is 5.72. The zero-order chi connectivity index (χ0) is 10.3. The predicted octanol–water partition coefficient (Wildman–Crippen LogP) is -1.36. The molecule has 0 bridgehead atoms. The third-order valence-corrected chi connectivity index (χ3v) is 1.53. The summed E-state index contributed by atoms with van der Waals surface area (Å²) in [4.78, 5) is 10.5. The molecule has 0 saturated carbocycles. The number of aliphatic hydroxyl groups excluding tert-OH is 1. The van der Waals surface area contributed by atoms with Gasteiger partial charge in [0.15, 0.2) is 0 Å². The van der Waals surface area contributed by atoms with Crippen LogP contribution in [-0.4, -0.2) is 43.4 Å². The van der Waals surface area contributed by atoms with Gasteiger partial charge in [-0.2, -0.15) is 0 Å². The Morgan fingerprint density at radius 3 is 2.54 bits per heavy atom. The van der Waals surface area contributed by atoms with Crippen LogP contribution in [0.25, 0.3) is 0 Å². The molecule has 0 spiro atoms. The number of amides is 1. The number of rotatable bonds is 6. The van der Waals surface area contributed by atoms with Gasteiger partial charge >= 0.3 is 0 Å². The molecule has 0 aromatic rings. The highest BCUT2D eigenvalue weighted by Crippen LogP contribution is 1.82. The Hall–Kier alpha value is -0.650. The lowest BCUT2D eigenvalue weighted by atomic mass is 10.3. The van der Waals surface area contributed by atoms with Gasteiger partial charge in [0.25, 0.3) is 0 Å². The normalized spacial score (nSPS) is 15.1. The molecule has 0 aliphatic carbocycles. The fraction of sp³-hybridized carbons (Fsp3) is 0.875. The van der Waals surface area contributed by atoms with E-state index in [1.165, 1.54) is 6.92 Å². The van der Waals surface area contributed by atoms with E-state index in [1.807, 2.05) is 14.0 Å². The van der Waals surface area contributed by atoms with Crippen molar-refractivity contribution in [1.29, 1.82) is 0 Å². The van der Waals surface area contributed by atoms with Crippen LogP contribution in [0.3, 0.4) is 0 Å². The minimum absolute atomic E-state index is 0.137. The Morgan fingerprint density at radius 1 is 1.46 bits per heavy atom. The summed E-state index contributed by atoms with van der Waals surface area (Å²) in [6.45, 7) is 4.39. The van der Waals surface area contributed by atoms with Gasteiger partial charge in [-0.05, 0) is 14.0 Å². The summed E-state index contributed by atoms with van der Waals surface area (Å²) >= 11 is 0. The van der Waals surface area contributed by atoms with Crippen molar-refractivity contribution in [2.45, 2.75) is 26.1 Å². The molecule has 5 nitrogen and oxygen atoms in total. The van der Waals surface area contributed by atoms with Crippen LogP contribution in [0.1, 0.15) is 13.8 Å². The Morgan fingerprint density at radius 2 is 2.08 bits per heavy atom. The van der Waals surface area contributed by atoms with E-state index < -0.39 is 6.23 Å². The van der Waals surface area contributed by atoms with Crippen LogP contribution < -0.4 is 16.0 Å². The van der Waals surface area contributed by atoms with E-state index in [2.05, 4.69) is 16.0 Å². The average Bonchev–Trinajstić information content (AvgIpc) is 2.01. The van der Waals surface area contributed by atoms with Crippen molar-refractivity contribution in [1.82, 2.24) is 16.0 Å². The molecule has 0 heterocycles. The highest BCUT2D eigenvalue weighted by Gasteiger charge is 2.07. The van der Waals surface area contributed by atoms with Gasteiger partial charge in [-0.3, -0.25) is 10.1 Å². The molecule has 5 heteroatoms. The van der Waals surface area contributed by atoms with Gasteiger partial charge in [0, 0.05) is 19.5 Å². The van der Waals surface area contributed by atoms with Crippen molar-refractivity contribution < 1.29 is 9.90 Å². The lowest BCUT2D eigenvalue weighted by molar-refractivity contribution is -0.119. The van der Waals surface area contributed by atoms with Crippen LogP contribution in [0.4, 0.5) is 0 Å².